The Balaban J connectivity index is 1.66. The number of hydrogen-bond donors (Lipinski definition) is 2. The number of phenolic OH excluding ortho intramolecular Hbond substituents is 1. The van der Waals surface area contributed by atoms with Crippen molar-refractivity contribution in [1.29, 1.82) is 0 Å². The van der Waals surface area contributed by atoms with Gasteiger partial charge in [-0.15, -0.1) is 0 Å². The molecule has 0 radical (unpaired) electrons. The van der Waals surface area contributed by atoms with Crippen LogP contribution in [-0.2, 0) is 11.3 Å². The third kappa shape index (κ3) is 3.33. The molecule has 0 atom stereocenters. The smallest absolute Gasteiger partial charge is 0.231 e. The van der Waals surface area contributed by atoms with Gasteiger partial charge >= 0.3 is 0 Å². The number of hydrogen-bond acceptors (Lipinski definition) is 4. The van der Waals surface area contributed by atoms with Gasteiger partial charge in [-0.2, -0.15) is 0 Å². The number of aromatic hydroxyl groups is 1. The highest BCUT2D eigenvalue weighted by atomic mass is 35.5. The number of phenols is 1. The molecule has 1 fully saturated rings. The van der Waals surface area contributed by atoms with Gasteiger partial charge in [0, 0.05) is 5.02 Å². The Morgan fingerprint density at radius 1 is 1.19 bits per heavy atom. The third-order valence-electron chi connectivity index (χ3n) is 4.69. The molecule has 0 unspecified atom stereocenters. The van der Waals surface area contributed by atoms with Crippen molar-refractivity contribution in [3.05, 3.63) is 63.9 Å². The summed E-state index contributed by atoms with van der Waals surface area (Å²) in [5.41, 5.74) is 1.94. The minimum atomic E-state index is -0.182. The number of Topliss-reactive ketones (excluding diaryl/α,β-unsaturated/α-hetero) is 1. The largest absolute Gasteiger partial charge is 0.507 e. The highest BCUT2D eigenvalue weighted by molar-refractivity contribution is 6.30. The van der Waals surface area contributed by atoms with E-state index < -0.39 is 0 Å². The first kappa shape index (κ1) is 17.1. The average Bonchev–Trinajstić information content (AvgIpc) is 2.95. The zero-order valence-corrected chi connectivity index (χ0v) is 14.9. The number of quaternary nitrogens is 1. The number of nitrogens with one attached hydrogen (secondary N) is 1. The Kier molecular flexibility index (Phi) is 4.68. The Morgan fingerprint density at radius 3 is 2.77 bits per heavy atom. The van der Waals surface area contributed by atoms with Crippen LogP contribution < -0.4 is 9.64 Å². The first-order valence-corrected chi connectivity index (χ1v) is 8.95. The molecule has 2 aliphatic rings. The van der Waals surface area contributed by atoms with Gasteiger partial charge in [-0.1, -0.05) is 23.7 Å². The number of halogens is 1. The van der Waals surface area contributed by atoms with Crippen molar-refractivity contribution in [1.82, 2.24) is 0 Å². The molecule has 0 bridgehead atoms. The molecular formula is C20H19ClNO4+. The van der Waals surface area contributed by atoms with E-state index in [1.807, 2.05) is 12.1 Å². The zero-order valence-electron chi connectivity index (χ0n) is 14.1. The standard InChI is InChI=1S/C20H18ClNO4/c21-14-3-1-2-13(10-14)11-18-19(24)15-4-5-17(23)16(20(15)26-18)12-22-6-8-25-9-7-22/h1-5,10-11,23H,6-9,12H2/p+1/b18-11-. The molecule has 26 heavy (non-hydrogen) atoms. The molecule has 0 aromatic heterocycles. The number of allylic oxidation sites excluding steroid dienone is 1. The molecule has 2 aromatic carbocycles. The SMILES string of the molecule is O=C1/C(=C/c2cccc(Cl)c2)Oc2c1ccc(O)c2C[NH+]1CCOCC1. The summed E-state index contributed by atoms with van der Waals surface area (Å²) < 4.78 is 11.3. The molecular weight excluding hydrogens is 354 g/mol. The summed E-state index contributed by atoms with van der Waals surface area (Å²) in [6.07, 6.45) is 1.68. The average molecular weight is 373 g/mol. The maximum Gasteiger partial charge on any atom is 0.231 e. The van der Waals surface area contributed by atoms with Crippen LogP contribution in [0.3, 0.4) is 0 Å². The van der Waals surface area contributed by atoms with Crippen LogP contribution in [0.2, 0.25) is 5.02 Å². The maximum absolute atomic E-state index is 12.7. The fraction of sp³-hybridized carbons (Fsp3) is 0.250. The summed E-state index contributed by atoms with van der Waals surface area (Å²) in [4.78, 5) is 14.0. The van der Waals surface area contributed by atoms with E-state index in [1.165, 1.54) is 4.90 Å². The lowest BCUT2D eigenvalue weighted by molar-refractivity contribution is -0.921. The van der Waals surface area contributed by atoms with Crippen molar-refractivity contribution in [2.24, 2.45) is 0 Å². The van der Waals surface area contributed by atoms with Crippen LogP contribution in [0.5, 0.6) is 11.5 Å². The van der Waals surface area contributed by atoms with E-state index >= 15 is 0 Å². The molecule has 0 spiro atoms. The predicted molar refractivity (Wildman–Crippen MR) is 97.7 cm³/mol. The van der Waals surface area contributed by atoms with Gasteiger partial charge in [0.1, 0.15) is 25.4 Å². The molecule has 0 saturated carbocycles. The van der Waals surface area contributed by atoms with Crippen LogP contribution >= 0.6 is 11.6 Å². The van der Waals surface area contributed by atoms with Crippen molar-refractivity contribution >= 4 is 23.5 Å². The van der Waals surface area contributed by atoms with E-state index in [0.717, 1.165) is 18.7 Å². The van der Waals surface area contributed by atoms with Crippen LogP contribution in [-0.4, -0.2) is 37.2 Å². The number of fused-ring (bicyclic) bond motifs is 1. The van der Waals surface area contributed by atoms with Gasteiger partial charge < -0.3 is 19.5 Å². The number of rotatable bonds is 3. The lowest BCUT2D eigenvalue weighted by atomic mass is 10.0. The van der Waals surface area contributed by atoms with E-state index in [0.29, 0.717) is 41.7 Å². The molecule has 1 saturated heterocycles. The molecule has 0 amide bonds. The summed E-state index contributed by atoms with van der Waals surface area (Å²) >= 11 is 6.01. The normalized spacial score (nSPS) is 18.8. The Hall–Kier alpha value is -2.34. The number of morpholine rings is 1. The maximum atomic E-state index is 12.7. The molecule has 6 heteroatoms. The second-order valence-corrected chi connectivity index (χ2v) is 6.91. The van der Waals surface area contributed by atoms with Gasteiger partial charge in [0.2, 0.25) is 5.78 Å². The summed E-state index contributed by atoms with van der Waals surface area (Å²) in [5, 5.41) is 10.9. The fourth-order valence-electron chi connectivity index (χ4n) is 3.30. The van der Waals surface area contributed by atoms with E-state index in [4.69, 9.17) is 21.1 Å². The number of ether oxygens (including phenoxy) is 2. The molecule has 134 valence electrons. The third-order valence-corrected chi connectivity index (χ3v) is 4.92. The summed E-state index contributed by atoms with van der Waals surface area (Å²) in [5.74, 6) is 0.672. The Morgan fingerprint density at radius 2 is 2.00 bits per heavy atom. The van der Waals surface area contributed by atoms with E-state index in [-0.39, 0.29) is 17.3 Å². The summed E-state index contributed by atoms with van der Waals surface area (Å²) in [7, 11) is 0. The summed E-state index contributed by atoms with van der Waals surface area (Å²) in [6.45, 7) is 3.72. The van der Waals surface area contributed by atoms with E-state index in [2.05, 4.69) is 0 Å². The van der Waals surface area contributed by atoms with Gasteiger partial charge in [-0.05, 0) is 35.9 Å². The van der Waals surface area contributed by atoms with Crippen molar-refractivity contribution in [3.63, 3.8) is 0 Å². The summed E-state index contributed by atoms with van der Waals surface area (Å²) in [6, 6.07) is 10.4. The van der Waals surface area contributed by atoms with Crippen LogP contribution in [0.1, 0.15) is 21.5 Å². The van der Waals surface area contributed by atoms with Crippen molar-refractivity contribution in [3.8, 4) is 11.5 Å². The minimum absolute atomic E-state index is 0.152. The van der Waals surface area contributed by atoms with Crippen molar-refractivity contribution in [2.75, 3.05) is 26.3 Å². The van der Waals surface area contributed by atoms with Crippen LogP contribution in [0.25, 0.3) is 6.08 Å². The Bertz CT molecular complexity index is 887. The number of carbonyl (C=O) groups excluding carboxylic acids is 1. The molecule has 0 aliphatic carbocycles. The molecule has 2 N–H and O–H groups in total. The molecule has 2 heterocycles. The lowest BCUT2D eigenvalue weighted by Gasteiger charge is -2.24. The van der Waals surface area contributed by atoms with Crippen LogP contribution in [0, 0.1) is 0 Å². The highest BCUT2D eigenvalue weighted by Crippen LogP contribution is 2.39. The quantitative estimate of drug-likeness (QED) is 0.810. The second kappa shape index (κ2) is 7.11. The van der Waals surface area contributed by atoms with E-state index in [9.17, 15) is 9.90 Å². The van der Waals surface area contributed by atoms with Gasteiger partial charge in [0.15, 0.2) is 11.5 Å². The first-order chi connectivity index (χ1) is 12.6. The van der Waals surface area contributed by atoms with Gasteiger partial charge in [0.25, 0.3) is 0 Å². The zero-order chi connectivity index (χ0) is 18.1. The molecule has 2 aromatic rings. The molecule has 5 nitrogen and oxygen atoms in total. The molecule has 4 rings (SSSR count). The van der Waals surface area contributed by atoms with E-state index in [1.54, 1.807) is 30.3 Å². The van der Waals surface area contributed by atoms with Crippen LogP contribution in [0.15, 0.2) is 42.2 Å². The fourth-order valence-corrected chi connectivity index (χ4v) is 3.50. The van der Waals surface area contributed by atoms with Crippen molar-refractivity contribution < 1.29 is 24.3 Å². The first-order valence-electron chi connectivity index (χ1n) is 8.58. The monoisotopic (exact) mass is 372 g/mol. The number of carbonyl (C=O) groups is 1. The van der Waals surface area contributed by atoms with Crippen LogP contribution in [0.4, 0.5) is 0 Å². The minimum Gasteiger partial charge on any atom is -0.507 e. The molecule has 2 aliphatic heterocycles. The predicted octanol–water partition coefficient (Wildman–Crippen LogP) is 2.08. The lowest BCUT2D eigenvalue weighted by Crippen LogP contribution is -3.12. The van der Waals surface area contributed by atoms with Gasteiger partial charge in [0.05, 0.1) is 24.3 Å². The second-order valence-electron chi connectivity index (χ2n) is 6.47. The topological polar surface area (TPSA) is 60.2 Å². The van der Waals surface area contributed by atoms with Crippen molar-refractivity contribution in [2.45, 2.75) is 6.54 Å². The van der Waals surface area contributed by atoms with Gasteiger partial charge in [-0.3, -0.25) is 4.79 Å². The van der Waals surface area contributed by atoms with Gasteiger partial charge in [-0.25, -0.2) is 0 Å². The highest BCUT2D eigenvalue weighted by Gasteiger charge is 2.32. The number of ketones is 1. The number of benzene rings is 2. The Labute approximate surface area is 156 Å².